The third-order valence-electron chi connectivity index (χ3n) is 4.23. The number of aryl methyl sites for hydroxylation is 1. The number of carbonyl (C=O) groups is 2. The van der Waals surface area contributed by atoms with Crippen LogP contribution in [0, 0.1) is 0 Å². The van der Waals surface area contributed by atoms with E-state index in [1.54, 1.807) is 31.2 Å². The summed E-state index contributed by atoms with van der Waals surface area (Å²) in [5, 5.41) is 3.18. The number of hydrogen-bond acceptors (Lipinski definition) is 4. The topological polar surface area (TPSA) is 71.2 Å². The molecule has 5 nitrogen and oxygen atoms in total. The second kappa shape index (κ2) is 8.36. The molecule has 0 bridgehead atoms. The SMILES string of the molecule is CCOC(=O)c1cc(C(=O)c2ccccc2)[nH]c1Nc1ccc(CC)cc1. The molecule has 0 radical (unpaired) electrons. The third kappa shape index (κ3) is 4.26. The zero-order valence-corrected chi connectivity index (χ0v) is 15.4. The lowest BCUT2D eigenvalue weighted by atomic mass is 10.1. The van der Waals surface area contributed by atoms with Gasteiger partial charge in [0.15, 0.2) is 0 Å². The van der Waals surface area contributed by atoms with Gasteiger partial charge >= 0.3 is 5.97 Å². The third-order valence-corrected chi connectivity index (χ3v) is 4.23. The van der Waals surface area contributed by atoms with Crippen molar-refractivity contribution in [2.75, 3.05) is 11.9 Å². The Hall–Kier alpha value is -3.34. The first-order valence-corrected chi connectivity index (χ1v) is 8.98. The van der Waals surface area contributed by atoms with Gasteiger partial charge in [0.25, 0.3) is 0 Å². The molecule has 27 heavy (non-hydrogen) atoms. The summed E-state index contributed by atoms with van der Waals surface area (Å²) in [5.41, 5.74) is 3.22. The van der Waals surface area contributed by atoms with Gasteiger partial charge in [-0.15, -0.1) is 0 Å². The highest BCUT2D eigenvalue weighted by Crippen LogP contribution is 2.24. The van der Waals surface area contributed by atoms with Crippen molar-refractivity contribution < 1.29 is 14.3 Å². The molecule has 0 amide bonds. The summed E-state index contributed by atoms with van der Waals surface area (Å²) < 4.78 is 5.13. The number of hydrogen-bond donors (Lipinski definition) is 2. The van der Waals surface area contributed by atoms with Crippen LogP contribution in [0.15, 0.2) is 60.7 Å². The number of ether oxygens (including phenoxy) is 1. The minimum Gasteiger partial charge on any atom is -0.462 e. The van der Waals surface area contributed by atoms with E-state index in [0.29, 0.717) is 22.6 Å². The lowest BCUT2D eigenvalue weighted by Gasteiger charge is -2.08. The van der Waals surface area contributed by atoms with Crippen LogP contribution < -0.4 is 5.32 Å². The predicted octanol–water partition coefficient (Wildman–Crippen LogP) is 4.73. The fourth-order valence-electron chi connectivity index (χ4n) is 2.76. The Morgan fingerprint density at radius 2 is 1.70 bits per heavy atom. The van der Waals surface area contributed by atoms with Crippen molar-refractivity contribution >= 4 is 23.3 Å². The minimum absolute atomic E-state index is 0.185. The van der Waals surface area contributed by atoms with E-state index < -0.39 is 5.97 Å². The molecule has 0 aliphatic heterocycles. The lowest BCUT2D eigenvalue weighted by Crippen LogP contribution is -2.06. The molecule has 0 saturated carbocycles. The number of aromatic nitrogens is 1. The summed E-state index contributed by atoms with van der Waals surface area (Å²) in [6.07, 6.45) is 0.951. The molecule has 0 unspecified atom stereocenters. The van der Waals surface area contributed by atoms with Gasteiger partial charge in [0.2, 0.25) is 5.78 Å². The second-order valence-corrected chi connectivity index (χ2v) is 6.06. The number of rotatable bonds is 7. The van der Waals surface area contributed by atoms with Gasteiger partial charge in [0, 0.05) is 11.3 Å². The second-order valence-electron chi connectivity index (χ2n) is 6.06. The van der Waals surface area contributed by atoms with Crippen LogP contribution in [-0.2, 0) is 11.2 Å². The van der Waals surface area contributed by atoms with Crippen LogP contribution in [0.4, 0.5) is 11.5 Å². The first-order chi connectivity index (χ1) is 13.1. The van der Waals surface area contributed by atoms with Gasteiger partial charge in [-0.1, -0.05) is 49.4 Å². The first kappa shape index (κ1) is 18.5. The summed E-state index contributed by atoms with van der Waals surface area (Å²) in [7, 11) is 0. The highest BCUT2D eigenvalue weighted by atomic mass is 16.5. The van der Waals surface area contributed by atoms with Crippen molar-refractivity contribution in [2.24, 2.45) is 0 Å². The van der Waals surface area contributed by atoms with Gasteiger partial charge in [0.1, 0.15) is 11.4 Å². The van der Waals surface area contributed by atoms with Crippen LogP contribution >= 0.6 is 0 Å². The molecule has 0 fully saturated rings. The highest BCUT2D eigenvalue weighted by molar-refractivity contribution is 6.10. The molecule has 2 N–H and O–H groups in total. The number of benzene rings is 2. The molecule has 0 saturated heterocycles. The normalized spacial score (nSPS) is 10.4. The molecular formula is C22H22N2O3. The molecule has 3 rings (SSSR count). The van der Waals surface area contributed by atoms with E-state index in [2.05, 4.69) is 17.2 Å². The van der Waals surface area contributed by atoms with Crippen molar-refractivity contribution in [1.82, 2.24) is 4.98 Å². The molecule has 5 heteroatoms. The zero-order chi connectivity index (χ0) is 19.2. The summed E-state index contributed by atoms with van der Waals surface area (Å²) in [4.78, 5) is 28.1. The van der Waals surface area contributed by atoms with E-state index >= 15 is 0 Å². The molecule has 0 aliphatic carbocycles. The van der Waals surface area contributed by atoms with Crippen LogP contribution in [-0.4, -0.2) is 23.3 Å². The summed E-state index contributed by atoms with van der Waals surface area (Å²) in [6.45, 7) is 4.10. The van der Waals surface area contributed by atoms with Crippen LogP contribution in [0.3, 0.4) is 0 Å². The van der Waals surface area contributed by atoms with Gasteiger partial charge in [-0.25, -0.2) is 4.79 Å². The smallest absolute Gasteiger partial charge is 0.341 e. The lowest BCUT2D eigenvalue weighted by molar-refractivity contribution is 0.0528. The first-order valence-electron chi connectivity index (χ1n) is 8.98. The standard InChI is InChI=1S/C22H22N2O3/c1-3-15-10-12-17(13-11-15)23-21-18(22(26)27-4-2)14-19(24-21)20(25)16-8-6-5-7-9-16/h5-14,23-24H,3-4H2,1-2H3. The van der Waals surface area contributed by atoms with Gasteiger partial charge in [-0.2, -0.15) is 0 Å². The van der Waals surface area contributed by atoms with Gasteiger partial charge < -0.3 is 15.0 Å². The fourth-order valence-corrected chi connectivity index (χ4v) is 2.76. The molecular weight excluding hydrogens is 340 g/mol. The average Bonchev–Trinajstić information content (AvgIpc) is 3.12. The van der Waals surface area contributed by atoms with E-state index in [1.807, 2.05) is 30.3 Å². The molecule has 0 atom stereocenters. The summed E-state index contributed by atoms with van der Waals surface area (Å²) in [5.74, 6) is -0.221. The predicted molar refractivity (Wildman–Crippen MR) is 106 cm³/mol. The highest BCUT2D eigenvalue weighted by Gasteiger charge is 2.21. The minimum atomic E-state index is -0.478. The Morgan fingerprint density at radius 3 is 2.33 bits per heavy atom. The monoisotopic (exact) mass is 362 g/mol. The van der Waals surface area contributed by atoms with Crippen LogP contribution in [0.2, 0.25) is 0 Å². The van der Waals surface area contributed by atoms with Crippen LogP contribution in [0.5, 0.6) is 0 Å². The molecule has 0 spiro atoms. The maximum atomic E-state index is 12.7. The van der Waals surface area contributed by atoms with E-state index in [1.165, 1.54) is 11.6 Å². The van der Waals surface area contributed by atoms with Crippen molar-refractivity contribution in [3.63, 3.8) is 0 Å². The number of aromatic amines is 1. The number of ketones is 1. The Morgan fingerprint density at radius 1 is 1.00 bits per heavy atom. The maximum Gasteiger partial charge on any atom is 0.341 e. The number of H-pyrrole nitrogens is 1. The number of esters is 1. The Balaban J connectivity index is 1.94. The van der Waals surface area contributed by atoms with Crippen molar-refractivity contribution in [3.8, 4) is 0 Å². The number of carbonyl (C=O) groups excluding carboxylic acids is 2. The summed E-state index contributed by atoms with van der Waals surface area (Å²) >= 11 is 0. The Bertz CT molecular complexity index is 928. The largest absolute Gasteiger partial charge is 0.462 e. The van der Waals surface area contributed by atoms with Crippen molar-refractivity contribution in [2.45, 2.75) is 20.3 Å². The molecule has 2 aromatic carbocycles. The van der Waals surface area contributed by atoms with Crippen molar-refractivity contribution in [1.29, 1.82) is 0 Å². The molecule has 1 heterocycles. The molecule has 3 aromatic rings. The summed E-state index contributed by atoms with van der Waals surface area (Å²) in [6, 6.07) is 18.4. The molecule has 138 valence electrons. The molecule has 0 aliphatic rings. The van der Waals surface area contributed by atoms with E-state index in [9.17, 15) is 9.59 Å². The molecule has 1 aromatic heterocycles. The van der Waals surface area contributed by atoms with Gasteiger partial charge in [-0.05, 0) is 37.1 Å². The van der Waals surface area contributed by atoms with Gasteiger partial charge in [-0.3, -0.25) is 4.79 Å². The van der Waals surface area contributed by atoms with E-state index in [4.69, 9.17) is 4.74 Å². The number of anilines is 2. The van der Waals surface area contributed by atoms with Crippen molar-refractivity contribution in [3.05, 3.63) is 83.0 Å². The fraction of sp³-hybridized carbons (Fsp3) is 0.182. The quantitative estimate of drug-likeness (QED) is 0.471. The zero-order valence-electron chi connectivity index (χ0n) is 15.4. The Kier molecular flexibility index (Phi) is 5.71. The van der Waals surface area contributed by atoms with Crippen LogP contribution in [0.25, 0.3) is 0 Å². The van der Waals surface area contributed by atoms with E-state index in [-0.39, 0.29) is 12.4 Å². The van der Waals surface area contributed by atoms with E-state index in [0.717, 1.165) is 12.1 Å². The van der Waals surface area contributed by atoms with Crippen LogP contribution in [0.1, 0.15) is 45.8 Å². The van der Waals surface area contributed by atoms with Gasteiger partial charge in [0.05, 0.1) is 12.3 Å². The average molecular weight is 362 g/mol. The number of nitrogens with one attached hydrogen (secondary N) is 2. The maximum absolute atomic E-state index is 12.7. The Labute approximate surface area is 158 Å².